The number of nitrogen functional groups attached to an aromatic ring is 1. The second-order valence-electron chi connectivity index (χ2n) is 5.90. The van der Waals surface area contributed by atoms with E-state index in [0.717, 1.165) is 40.8 Å². The molecule has 0 bridgehead atoms. The molecule has 0 aliphatic carbocycles. The molecule has 1 aromatic rings. The maximum atomic E-state index is 6.12. The van der Waals surface area contributed by atoms with Crippen molar-refractivity contribution in [2.75, 3.05) is 5.73 Å². The van der Waals surface area contributed by atoms with Crippen LogP contribution in [0.15, 0.2) is 73.4 Å². The van der Waals surface area contributed by atoms with Crippen molar-refractivity contribution in [1.29, 1.82) is 0 Å². The first kappa shape index (κ1) is 19.4. The Labute approximate surface area is 146 Å². The van der Waals surface area contributed by atoms with Crippen LogP contribution in [0, 0.1) is 0 Å². The van der Waals surface area contributed by atoms with Crippen LogP contribution < -0.4 is 5.73 Å². The van der Waals surface area contributed by atoms with E-state index in [1.165, 1.54) is 5.57 Å². The van der Waals surface area contributed by atoms with Crippen molar-refractivity contribution in [3.8, 4) is 0 Å². The van der Waals surface area contributed by atoms with E-state index in [2.05, 4.69) is 37.7 Å². The Morgan fingerprint density at radius 3 is 2.46 bits per heavy atom. The fourth-order valence-corrected chi connectivity index (χ4v) is 2.25. The number of rotatable bonds is 8. The third kappa shape index (κ3) is 5.88. The van der Waals surface area contributed by atoms with Gasteiger partial charge in [-0.1, -0.05) is 61.3 Å². The van der Waals surface area contributed by atoms with Crippen molar-refractivity contribution in [1.82, 2.24) is 4.98 Å². The van der Waals surface area contributed by atoms with Gasteiger partial charge in [0.1, 0.15) is 5.82 Å². The van der Waals surface area contributed by atoms with Gasteiger partial charge in [-0.3, -0.25) is 0 Å². The van der Waals surface area contributed by atoms with E-state index in [9.17, 15) is 0 Å². The molecule has 0 spiro atoms. The molecule has 2 nitrogen and oxygen atoms in total. The fraction of sp³-hybridized carbons (Fsp3) is 0.227. The second kappa shape index (κ2) is 9.51. The molecule has 0 radical (unpaired) electrons. The smallest absolute Gasteiger partial charge is 0.131 e. The molecule has 1 aromatic heterocycles. The average Bonchev–Trinajstić information content (AvgIpc) is 2.53. The van der Waals surface area contributed by atoms with Crippen molar-refractivity contribution >= 4 is 17.0 Å². The summed E-state index contributed by atoms with van der Waals surface area (Å²) in [5, 5.41) is 0. The van der Waals surface area contributed by atoms with Crippen LogP contribution in [0.4, 0.5) is 5.82 Å². The summed E-state index contributed by atoms with van der Waals surface area (Å²) in [6.45, 7) is 17.9. The topological polar surface area (TPSA) is 38.9 Å². The Morgan fingerprint density at radius 2 is 1.92 bits per heavy atom. The number of hydrogen-bond donors (Lipinski definition) is 1. The molecule has 0 aliphatic heterocycles. The zero-order chi connectivity index (χ0) is 18.1. The fourth-order valence-electron chi connectivity index (χ4n) is 2.25. The number of nitrogens with zero attached hydrogens (tertiary/aromatic N) is 1. The molecule has 24 heavy (non-hydrogen) atoms. The number of nitrogens with two attached hydrogens (primary N) is 1. The van der Waals surface area contributed by atoms with E-state index >= 15 is 0 Å². The van der Waals surface area contributed by atoms with Gasteiger partial charge in [0.2, 0.25) is 0 Å². The zero-order valence-corrected chi connectivity index (χ0v) is 15.1. The van der Waals surface area contributed by atoms with Crippen LogP contribution in [0.1, 0.15) is 44.9 Å². The van der Waals surface area contributed by atoms with Crippen LogP contribution in [0.25, 0.3) is 11.1 Å². The van der Waals surface area contributed by atoms with Crippen molar-refractivity contribution < 1.29 is 0 Å². The number of anilines is 1. The van der Waals surface area contributed by atoms with Crippen LogP contribution in [-0.4, -0.2) is 4.98 Å². The second-order valence-corrected chi connectivity index (χ2v) is 5.90. The Bertz CT molecular complexity index is 715. The first-order valence-electron chi connectivity index (χ1n) is 8.12. The Balaban J connectivity index is 2.79. The lowest BCUT2D eigenvalue weighted by Gasteiger charge is -2.11. The Kier molecular flexibility index (Phi) is 7.70. The van der Waals surface area contributed by atoms with Crippen molar-refractivity contribution in [3.63, 3.8) is 0 Å². The summed E-state index contributed by atoms with van der Waals surface area (Å²) in [5.74, 6) is 0.516. The average molecular weight is 320 g/mol. The van der Waals surface area contributed by atoms with Gasteiger partial charge in [0.05, 0.1) is 5.69 Å². The molecule has 126 valence electrons. The molecule has 1 heterocycles. The molecule has 2 N–H and O–H groups in total. The lowest BCUT2D eigenvalue weighted by atomic mass is 9.99. The van der Waals surface area contributed by atoms with E-state index in [4.69, 9.17) is 5.73 Å². The summed E-state index contributed by atoms with van der Waals surface area (Å²) < 4.78 is 0. The molecule has 0 unspecified atom stereocenters. The minimum absolute atomic E-state index is 0.516. The van der Waals surface area contributed by atoms with Crippen LogP contribution >= 0.6 is 0 Å². The lowest BCUT2D eigenvalue weighted by Crippen LogP contribution is -2.00. The molecule has 2 heteroatoms. The molecule has 0 fully saturated rings. The van der Waals surface area contributed by atoms with Gasteiger partial charge in [0, 0.05) is 5.56 Å². The van der Waals surface area contributed by atoms with E-state index in [-0.39, 0.29) is 0 Å². The lowest BCUT2D eigenvalue weighted by molar-refractivity contribution is 0.992. The summed E-state index contributed by atoms with van der Waals surface area (Å²) in [7, 11) is 0. The highest BCUT2D eigenvalue weighted by atomic mass is 14.8. The summed E-state index contributed by atoms with van der Waals surface area (Å²) in [6.07, 6.45) is 11.7. The first-order chi connectivity index (χ1) is 11.4. The predicted molar refractivity (Wildman–Crippen MR) is 108 cm³/mol. The van der Waals surface area contributed by atoms with Gasteiger partial charge >= 0.3 is 0 Å². The van der Waals surface area contributed by atoms with Crippen molar-refractivity contribution in [2.24, 2.45) is 0 Å². The zero-order valence-electron chi connectivity index (χ0n) is 15.1. The molecule has 1 rings (SSSR count). The quantitative estimate of drug-likeness (QED) is 0.585. The van der Waals surface area contributed by atoms with E-state index in [1.807, 2.05) is 44.2 Å². The molecule has 0 saturated carbocycles. The molecular weight excluding hydrogens is 292 g/mol. The van der Waals surface area contributed by atoms with E-state index < -0.39 is 0 Å². The third-order valence-corrected chi connectivity index (χ3v) is 3.71. The van der Waals surface area contributed by atoms with Gasteiger partial charge in [-0.15, -0.1) is 0 Å². The standard InChI is InChI=1S/C22H28N2/c1-7-19(8-2)21-15-14-20(22(23)24-21)18(6)13-12-17(5)11-9-10-16(3)4/h7-11,14-15H,1,3,6,12-13H2,2,4-5H3,(H2,23,24)/b10-9-,17-11+,19-8+. The van der Waals surface area contributed by atoms with Gasteiger partial charge in [0.25, 0.3) is 0 Å². The highest BCUT2D eigenvalue weighted by molar-refractivity contribution is 5.76. The molecule has 0 saturated heterocycles. The first-order valence-corrected chi connectivity index (χ1v) is 8.12. The largest absolute Gasteiger partial charge is 0.383 e. The summed E-state index contributed by atoms with van der Waals surface area (Å²) >= 11 is 0. The minimum Gasteiger partial charge on any atom is -0.383 e. The van der Waals surface area contributed by atoms with Crippen LogP contribution in [0.3, 0.4) is 0 Å². The van der Waals surface area contributed by atoms with Crippen molar-refractivity contribution in [2.45, 2.75) is 33.6 Å². The summed E-state index contributed by atoms with van der Waals surface area (Å²) in [4.78, 5) is 4.47. The normalized spacial score (nSPS) is 12.5. The van der Waals surface area contributed by atoms with Crippen LogP contribution in [0.5, 0.6) is 0 Å². The molecule has 0 aliphatic rings. The molecular formula is C22H28N2. The van der Waals surface area contributed by atoms with Gasteiger partial charge in [0.15, 0.2) is 0 Å². The highest BCUT2D eigenvalue weighted by Gasteiger charge is 2.08. The number of pyridine rings is 1. The number of aromatic nitrogens is 1. The van der Waals surface area contributed by atoms with Crippen LogP contribution in [-0.2, 0) is 0 Å². The van der Waals surface area contributed by atoms with Crippen LogP contribution in [0.2, 0.25) is 0 Å². The minimum atomic E-state index is 0.516. The van der Waals surface area contributed by atoms with Gasteiger partial charge < -0.3 is 5.73 Å². The van der Waals surface area contributed by atoms with E-state index in [0.29, 0.717) is 5.82 Å². The Morgan fingerprint density at radius 1 is 1.21 bits per heavy atom. The predicted octanol–water partition coefficient (Wildman–Crippen LogP) is 6.13. The maximum absolute atomic E-state index is 6.12. The SMILES string of the molecule is C=C/C(=C\C)c1ccc(C(=C)CC/C(C)=C/C=C\C(=C)C)c(N)n1. The van der Waals surface area contributed by atoms with E-state index in [1.54, 1.807) is 6.08 Å². The summed E-state index contributed by atoms with van der Waals surface area (Å²) in [5.41, 5.74) is 12.2. The summed E-state index contributed by atoms with van der Waals surface area (Å²) in [6, 6.07) is 3.96. The number of allylic oxidation sites excluding steroid dienone is 9. The van der Waals surface area contributed by atoms with Crippen molar-refractivity contribution in [3.05, 3.63) is 84.7 Å². The molecule has 0 amide bonds. The molecule has 0 aromatic carbocycles. The Hall–Kier alpha value is -2.61. The third-order valence-electron chi connectivity index (χ3n) is 3.71. The maximum Gasteiger partial charge on any atom is 0.131 e. The highest BCUT2D eigenvalue weighted by Crippen LogP contribution is 2.26. The monoisotopic (exact) mass is 320 g/mol. The molecule has 0 atom stereocenters. The van der Waals surface area contributed by atoms with Gasteiger partial charge in [-0.2, -0.15) is 0 Å². The van der Waals surface area contributed by atoms with Gasteiger partial charge in [-0.25, -0.2) is 4.98 Å². The number of hydrogen-bond acceptors (Lipinski definition) is 2. The van der Waals surface area contributed by atoms with Gasteiger partial charge in [-0.05, 0) is 56.9 Å².